The molecule has 0 aliphatic rings. The molecule has 0 saturated heterocycles. The Morgan fingerprint density at radius 2 is 1.00 bits per heavy atom. The molecular formula is C29H28F6N2O4. The number of alkyl halides is 6. The van der Waals surface area contributed by atoms with Gasteiger partial charge in [0.1, 0.15) is 36.2 Å². The maximum Gasteiger partial charge on any atom is 0.411 e. The van der Waals surface area contributed by atoms with Gasteiger partial charge < -0.3 is 28.1 Å². The van der Waals surface area contributed by atoms with Gasteiger partial charge in [0.05, 0.1) is 23.9 Å². The van der Waals surface area contributed by atoms with Crippen LogP contribution in [0.25, 0.3) is 0 Å². The minimum absolute atomic E-state index is 0.0261. The predicted molar refractivity (Wildman–Crippen MR) is 141 cm³/mol. The first-order valence-corrected chi connectivity index (χ1v) is 12.3. The van der Waals surface area contributed by atoms with Crippen molar-refractivity contribution in [2.75, 3.05) is 38.0 Å². The number of nitrogens with zero attached hydrogens (tertiary/aromatic N) is 2. The average Bonchev–Trinajstić information content (AvgIpc) is 3.60. The van der Waals surface area contributed by atoms with Gasteiger partial charge in [-0.1, -0.05) is 12.1 Å². The van der Waals surface area contributed by atoms with E-state index in [2.05, 4.69) is 0 Å². The molecule has 0 unspecified atom stereocenters. The zero-order valence-electron chi connectivity index (χ0n) is 22.6. The summed E-state index contributed by atoms with van der Waals surface area (Å²) in [5.74, 6) is 1.04. The first-order chi connectivity index (χ1) is 19.3. The minimum atomic E-state index is -5.77. The van der Waals surface area contributed by atoms with E-state index in [-0.39, 0.29) is 36.1 Å². The van der Waals surface area contributed by atoms with Gasteiger partial charge in [-0.25, -0.2) is 0 Å². The largest absolute Gasteiger partial charge is 0.483 e. The quantitative estimate of drug-likeness (QED) is 0.180. The van der Waals surface area contributed by atoms with Crippen molar-refractivity contribution in [2.45, 2.75) is 31.0 Å². The number of halogens is 6. The normalized spacial score (nSPS) is 12.3. The van der Waals surface area contributed by atoms with E-state index >= 15 is 0 Å². The maximum absolute atomic E-state index is 14.9. The lowest BCUT2D eigenvalue weighted by atomic mass is 9.72. The van der Waals surface area contributed by atoms with Crippen LogP contribution in [0.15, 0.2) is 82.0 Å². The molecule has 0 amide bonds. The lowest BCUT2D eigenvalue weighted by Crippen LogP contribution is -2.54. The van der Waals surface area contributed by atoms with Gasteiger partial charge in [-0.05, 0) is 59.7 Å². The van der Waals surface area contributed by atoms with Gasteiger partial charge in [0.15, 0.2) is 0 Å². The third kappa shape index (κ3) is 5.82. The monoisotopic (exact) mass is 582 g/mol. The molecule has 0 spiro atoms. The highest BCUT2D eigenvalue weighted by atomic mass is 19.4. The fourth-order valence-corrected chi connectivity index (χ4v) is 4.51. The van der Waals surface area contributed by atoms with Crippen molar-refractivity contribution in [3.8, 4) is 11.5 Å². The number of furan rings is 2. The third-order valence-corrected chi connectivity index (χ3v) is 6.50. The molecule has 0 bridgehead atoms. The first-order valence-electron chi connectivity index (χ1n) is 12.3. The average molecular weight is 583 g/mol. The molecule has 2 heterocycles. The van der Waals surface area contributed by atoms with Gasteiger partial charge in [0.25, 0.3) is 0 Å². The molecule has 0 aliphatic heterocycles. The number of anilines is 2. The molecule has 2 aromatic carbocycles. The summed E-state index contributed by atoms with van der Waals surface area (Å²) >= 11 is 0. The molecule has 0 radical (unpaired) electrons. The van der Waals surface area contributed by atoms with Crippen LogP contribution in [0.3, 0.4) is 0 Å². The van der Waals surface area contributed by atoms with Crippen molar-refractivity contribution in [2.24, 2.45) is 0 Å². The number of hydrogen-bond donors (Lipinski definition) is 0. The maximum atomic E-state index is 14.9. The summed E-state index contributed by atoms with van der Waals surface area (Å²) in [5.41, 5.74) is -6.34. The van der Waals surface area contributed by atoms with Crippen LogP contribution in [0, 0.1) is 0 Å². The molecule has 0 aliphatic carbocycles. The van der Waals surface area contributed by atoms with Crippen LogP contribution in [0.5, 0.6) is 11.5 Å². The van der Waals surface area contributed by atoms with Crippen LogP contribution >= 0.6 is 0 Å². The molecule has 41 heavy (non-hydrogen) atoms. The van der Waals surface area contributed by atoms with Gasteiger partial charge in [0, 0.05) is 28.2 Å². The van der Waals surface area contributed by atoms with E-state index in [1.165, 1.54) is 50.5 Å². The van der Waals surface area contributed by atoms with Crippen LogP contribution in [-0.4, -0.2) is 40.5 Å². The molecule has 0 fully saturated rings. The highest BCUT2D eigenvalue weighted by molar-refractivity contribution is 5.65. The van der Waals surface area contributed by atoms with E-state index in [4.69, 9.17) is 18.3 Å². The Morgan fingerprint density at radius 1 is 0.610 bits per heavy atom. The summed E-state index contributed by atoms with van der Waals surface area (Å²) in [6.45, 7) is -0.134. The Bertz CT molecular complexity index is 1320. The van der Waals surface area contributed by atoms with E-state index in [0.717, 1.165) is 36.4 Å². The van der Waals surface area contributed by atoms with Crippen LogP contribution < -0.4 is 19.3 Å². The fourth-order valence-electron chi connectivity index (χ4n) is 4.51. The van der Waals surface area contributed by atoms with E-state index in [1.54, 1.807) is 24.3 Å². The molecule has 2 aromatic heterocycles. The van der Waals surface area contributed by atoms with Gasteiger partial charge in [0.2, 0.25) is 5.41 Å². The minimum Gasteiger partial charge on any atom is -0.483 e. The van der Waals surface area contributed by atoms with Crippen LogP contribution in [0.4, 0.5) is 37.7 Å². The van der Waals surface area contributed by atoms with Crippen molar-refractivity contribution in [3.05, 3.63) is 95.8 Å². The summed E-state index contributed by atoms with van der Waals surface area (Å²) in [7, 11) is 5.99. The predicted octanol–water partition coefficient (Wildman–Crippen LogP) is 7.57. The zero-order valence-corrected chi connectivity index (χ0v) is 22.6. The van der Waals surface area contributed by atoms with Crippen molar-refractivity contribution >= 4 is 11.4 Å². The highest BCUT2D eigenvalue weighted by Gasteiger charge is 2.72. The van der Waals surface area contributed by atoms with Gasteiger partial charge >= 0.3 is 12.4 Å². The Balaban J connectivity index is 1.86. The van der Waals surface area contributed by atoms with Crippen molar-refractivity contribution in [1.82, 2.24) is 0 Å². The Labute approximate surface area is 232 Å². The topological polar surface area (TPSA) is 51.2 Å². The summed E-state index contributed by atoms with van der Waals surface area (Å²) in [4.78, 5) is 2.77. The SMILES string of the molecule is CN(C)c1cc(C(c2ccc(OCc3ccco3)c(N(C)C)c2)(C(F)(F)F)C(F)(F)F)ccc1OCc1ccco1. The number of rotatable bonds is 10. The number of hydrogen-bond acceptors (Lipinski definition) is 6. The summed E-state index contributed by atoms with van der Waals surface area (Å²) in [6.07, 6.45) is -8.70. The highest BCUT2D eigenvalue weighted by Crippen LogP contribution is 2.57. The Morgan fingerprint density at radius 3 is 1.29 bits per heavy atom. The van der Waals surface area contributed by atoms with Crippen molar-refractivity contribution < 1.29 is 44.7 Å². The molecule has 0 saturated carbocycles. The molecule has 0 N–H and O–H groups in total. The Hall–Kier alpha value is -4.22. The number of benzene rings is 2. The first kappa shape index (κ1) is 29.8. The van der Waals surface area contributed by atoms with Gasteiger partial charge in [-0.2, -0.15) is 26.3 Å². The second kappa shape index (κ2) is 11.3. The smallest absolute Gasteiger partial charge is 0.411 e. The zero-order chi connectivity index (χ0) is 30.0. The van der Waals surface area contributed by atoms with Crippen LogP contribution in [-0.2, 0) is 18.6 Å². The summed E-state index contributed by atoms with van der Waals surface area (Å²) in [5, 5.41) is 0. The van der Waals surface area contributed by atoms with Gasteiger partial charge in [-0.3, -0.25) is 0 Å². The van der Waals surface area contributed by atoms with Crippen molar-refractivity contribution in [1.29, 1.82) is 0 Å². The lowest BCUT2D eigenvalue weighted by Gasteiger charge is -2.39. The third-order valence-electron chi connectivity index (χ3n) is 6.50. The standard InChI is InChI=1S/C29H28F6N2O4/c1-36(2)23-15-19(9-11-25(23)40-17-21-7-5-13-38-21)27(28(30,31)32,29(33,34)35)20-10-12-26(24(16-20)37(3)4)41-18-22-8-6-14-39-22/h5-16H,17-18H2,1-4H3. The van der Waals surface area contributed by atoms with Crippen LogP contribution in [0.1, 0.15) is 22.6 Å². The summed E-state index contributed by atoms with van der Waals surface area (Å²) < 4.78 is 111. The lowest BCUT2D eigenvalue weighted by molar-refractivity contribution is -0.288. The molecule has 4 aromatic rings. The second-order valence-corrected chi connectivity index (χ2v) is 9.64. The summed E-state index contributed by atoms with van der Waals surface area (Å²) in [6, 6.07) is 12.0. The number of ether oxygens (including phenoxy) is 2. The van der Waals surface area contributed by atoms with E-state index in [1.807, 2.05) is 0 Å². The Kier molecular flexibility index (Phi) is 8.23. The molecule has 4 rings (SSSR count). The molecule has 220 valence electrons. The van der Waals surface area contributed by atoms with Crippen molar-refractivity contribution in [3.63, 3.8) is 0 Å². The second-order valence-electron chi connectivity index (χ2n) is 9.64. The molecule has 0 atom stereocenters. The van der Waals surface area contributed by atoms with E-state index < -0.39 is 28.9 Å². The van der Waals surface area contributed by atoms with E-state index in [0.29, 0.717) is 11.5 Å². The van der Waals surface area contributed by atoms with E-state index in [9.17, 15) is 26.3 Å². The molecular weight excluding hydrogens is 554 g/mol. The van der Waals surface area contributed by atoms with Gasteiger partial charge in [-0.15, -0.1) is 0 Å². The van der Waals surface area contributed by atoms with Crippen LogP contribution in [0.2, 0.25) is 0 Å². The fraction of sp³-hybridized carbons (Fsp3) is 0.310. The molecule has 12 heteroatoms. The molecule has 6 nitrogen and oxygen atoms in total.